The van der Waals surface area contributed by atoms with Crippen molar-refractivity contribution in [3.8, 4) is 0 Å². The third kappa shape index (κ3) is 55.0. The van der Waals surface area contributed by atoms with Gasteiger partial charge in [-0.05, 0) is 6.16 Å². The topological polar surface area (TPSA) is 63.2 Å². The summed E-state index contributed by atoms with van der Waals surface area (Å²) >= 11 is 0. The molecule has 0 aromatic rings. The Balaban J connectivity index is -0.00000000750. The fourth-order valence-electron chi connectivity index (χ4n) is 0. The fraction of sp³-hybridized carbons (Fsp3) is 0. The summed E-state index contributed by atoms with van der Waals surface area (Å²) in [6, 6.07) is 0. The fourth-order valence-corrected chi connectivity index (χ4v) is 0. The molecule has 0 bridgehead atoms. The average molecular weight is 265 g/mol. The molecule has 0 aliphatic heterocycles. The first-order valence-corrected chi connectivity index (χ1v) is 0.612. The van der Waals surface area contributed by atoms with Gasteiger partial charge in [0.05, 0.1) is 0 Å². The van der Waals surface area contributed by atoms with Gasteiger partial charge >= 0.3 is 103 Å². The zero-order valence-corrected chi connectivity index (χ0v) is 12.5. The standard InChI is InChI=1S/CH2O3.2Cu.2K/c2-1(3)4;;;;/h(H2,2,3,4);;;;/q;;;2*+1/p-2. The molecule has 0 rings (SSSR count). The van der Waals surface area contributed by atoms with Crippen molar-refractivity contribution < 1.29 is 152 Å². The van der Waals surface area contributed by atoms with Crippen LogP contribution < -0.4 is 113 Å². The smallest absolute Gasteiger partial charge is 0.652 e. The molecule has 0 heterocycles. The second kappa shape index (κ2) is 22.4. The van der Waals surface area contributed by atoms with Crippen LogP contribution in [0.15, 0.2) is 0 Å². The van der Waals surface area contributed by atoms with E-state index in [2.05, 4.69) is 0 Å². The zero-order chi connectivity index (χ0) is 3.58. The monoisotopic (exact) mass is 264 g/mol. The summed E-state index contributed by atoms with van der Waals surface area (Å²) in [5, 5.41) is 16.7. The molecule has 0 aromatic heterocycles. The van der Waals surface area contributed by atoms with Gasteiger partial charge in [0, 0.05) is 34.1 Å². The summed E-state index contributed by atoms with van der Waals surface area (Å²) in [4.78, 5) is 8.33. The van der Waals surface area contributed by atoms with E-state index in [0.29, 0.717) is 0 Å². The van der Waals surface area contributed by atoms with Gasteiger partial charge in [0.2, 0.25) is 0 Å². The number of carbonyl (C=O) groups is 1. The Morgan fingerprint density at radius 3 is 1.00 bits per heavy atom. The van der Waals surface area contributed by atoms with E-state index >= 15 is 0 Å². The third-order valence-corrected chi connectivity index (χ3v) is 0. The molecule has 0 atom stereocenters. The first-order chi connectivity index (χ1) is 1.73. The van der Waals surface area contributed by atoms with Crippen LogP contribution in [0.25, 0.3) is 0 Å². The maximum absolute atomic E-state index is 8.33. The first-order valence-electron chi connectivity index (χ1n) is 0.612. The minimum absolute atomic E-state index is 0. The summed E-state index contributed by atoms with van der Waals surface area (Å²) in [7, 11) is 0. The Morgan fingerprint density at radius 1 is 1.00 bits per heavy atom. The molecule has 3 nitrogen and oxygen atoms in total. The SMILES string of the molecule is O=C([O-])[O-].[Cu].[Cu].[K+].[K+]. The zero-order valence-electron chi connectivity index (χ0n) is 4.33. The minimum atomic E-state index is -2.33. The van der Waals surface area contributed by atoms with E-state index in [1.54, 1.807) is 0 Å². The summed E-state index contributed by atoms with van der Waals surface area (Å²) in [5.74, 6) is 0. The van der Waals surface area contributed by atoms with E-state index in [1.165, 1.54) is 0 Å². The van der Waals surface area contributed by atoms with Crippen LogP contribution in [0.2, 0.25) is 0 Å². The molecule has 0 amide bonds. The molecule has 0 N–H and O–H groups in total. The van der Waals surface area contributed by atoms with Gasteiger partial charge in [-0.15, -0.1) is 0 Å². The van der Waals surface area contributed by atoms with Crippen LogP contribution >= 0.6 is 0 Å². The van der Waals surface area contributed by atoms with Crippen molar-refractivity contribution >= 4 is 6.16 Å². The van der Waals surface area contributed by atoms with Crippen LogP contribution in [0.4, 0.5) is 4.79 Å². The van der Waals surface area contributed by atoms with Crippen LogP contribution in [0, 0.1) is 0 Å². The van der Waals surface area contributed by atoms with E-state index in [4.69, 9.17) is 15.0 Å². The van der Waals surface area contributed by atoms with Gasteiger partial charge in [0.25, 0.3) is 0 Å². The Hall–Kier alpha value is 3.58. The molecular weight excluding hydrogens is 265 g/mol. The largest absolute Gasteiger partial charge is 1.00 e. The normalized spacial score (nSPS) is 3.00. The molecule has 8 heavy (non-hydrogen) atoms. The van der Waals surface area contributed by atoms with E-state index < -0.39 is 6.16 Å². The molecule has 0 spiro atoms. The van der Waals surface area contributed by atoms with Gasteiger partial charge < -0.3 is 15.0 Å². The molecule has 0 fully saturated rings. The van der Waals surface area contributed by atoms with Gasteiger partial charge in [-0.1, -0.05) is 0 Å². The molecule has 0 saturated carbocycles. The summed E-state index contributed by atoms with van der Waals surface area (Å²) in [6.07, 6.45) is -2.33. The Morgan fingerprint density at radius 2 is 1.00 bits per heavy atom. The van der Waals surface area contributed by atoms with Crippen molar-refractivity contribution in [2.45, 2.75) is 0 Å². The van der Waals surface area contributed by atoms with Crippen LogP contribution in [-0.2, 0) is 34.1 Å². The number of hydrogen-bond acceptors (Lipinski definition) is 3. The maximum atomic E-state index is 8.33. The molecule has 2 radical (unpaired) electrons. The van der Waals surface area contributed by atoms with Crippen LogP contribution in [-0.4, -0.2) is 6.16 Å². The Kier molecular flexibility index (Phi) is 83.9. The van der Waals surface area contributed by atoms with E-state index in [9.17, 15) is 0 Å². The molecule has 0 aliphatic rings. The van der Waals surface area contributed by atoms with Crippen molar-refractivity contribution in [1.82, 2.24) is 0 Å². The molecule has 0 saturated heterocycles. The van der Waals surface area contributed by atoms with Crippen molar-refractivity contribution in [3.63, 3.8) is 0 Å². The molecular formula is CCu2K2O3. The van der Waals surface area contributed by atoms with Gasteiger partial charge in [-0.3, -0.25) is 0 Å². The quantitative estimate of drug-likeness (QED) is 0.409. The van der Waals surface area contributed by atoms with Gasteiger partial charge in [0.1, 0.15) is 0 Å². The molecule has 0 unspecified atom stereocenters. The molecule has 7 heteroatoms. The summed E-state index contributed by atoms with van der Waals surface area (Å²) in [6.45, 7) is 0. The summed E-state index contributed by atoms with van der Waals surface area (Å²) < 4.78 is 0. The maximum Gasteiger partial charge on any atom is 1.00 e. The van der Waals surface area contributed by atoms with Crippen molar-refractivity contribution in [3.05, 3.63) is 0 Å². The van der Waals surface area contributed by atoms with Gasteiger partial charge in [-0.25, -0.2) is 0 Å². The van der Waals surface area contributed by atoms with Crippen molar-refractivity contribution in [2.24, 2.45) is 0 Å². The van der Waals surface area contributed by atoms with Crippen LogP contribution in [0.1, 0.15) is 0 Å². The molecule has 46 valence electrons. The predicted molar refractivity (Wildman–Crippen MR) is 5.40 cm³/mol. The van der Waals surface area contributed by atoms with Crippen LogP contribution in [0.3, 0.4) is 0 Å². The van der Waals surface area contributed by atoms with Crippen molar-refractivity contribution in [2.75, 3.05) is 0 Å². The van der Waals surface area contributed by atoms with Crippen molar-refractivity contribution in [1.29, 1.82) is 0 Å². The number of hydrogen-bond donors (Lipinski definition) is 0. The van der Waals surface area contributed by atoms with Crippen LogP contribution in [0.5, 0.6) is 0 Å². The minimum Gasteiger partial charge on any atom is -0.652 e. The number of carbonyl (C=O) groups excluding carboxylic acids is 1. The van der Waals surface area contributed by atoms with Gasteiger partial charge in [-0.2, -0.15) is 0 Å². The Bertz CT molecular complexity index is 38.3. The molecule has 0 aromatic carbocycles. The predicted octanol–water partition coefficient (Wildman–Crippen LogP) is -8.44. The average Bonchev–Trinajstić information content (AvgIpc) is 0.811. The van der Waals surface area contributed by atoms with E-state index in [1.807, 2.05) is 0 Å². The number of carboxylic acid groups (broad SMARTS) is 2. The van der Waals surface area contributed by atoms with Gasteiger partial charge in [0.15, 0.2) is 0 Å². The van der Waals surface area contributed by atoms with E-state index in [-0.39, 0.29) is 137 Å². The molecule has 0 aliphatic carbocycles. The van der Waals surface area contributed by atoms with E-state index in [0.717, 1.165) is 0 Å². The second-order valence-corrected chi connectivity index (χ2v) is 0.250. The Labute approximate surface area is 154 Å². The number of rotatable bonds is 0. The second-order valence-electron chi connectivity index (χ2n) is 0.250. The third-order valence-electron chi connectivity index (χ3n) is 0. The summed E-state index contributed by atoms with van der Waals surface area (Å²) in [5.41, 5.74) is 0. The first kappa shape index (κ1) is 29.9.